The van der Waals surface area contributed by atoms with Gasteiger partial charge in [-0.1, -0.05) is 18.5 Å². The highest BCUT2D eigenvalue weighted by Crippen LogP contribution is 2.24. The summed E-state index contributed by atoms with van der Waals surface area (Å²) < 4.78 is 1.94. The minimum Gasteiger partial charge on any atom is -0.313 e. The van der Waals surface area contributed by atoms with E-state index in [9.17, 15) is 0 Å². The molecule has 0 spiro atoms. The van der Waals surface area contributed by atoms with Gasteiger partial charge in [0.2, 0.25) is 0 Å². The van der Waals surface area contributed by atoms with Crippen molar-refractivity contribution >= 4 is 11.6 Å². The van der Waals surface area contributed by atoms with Crippen molar-refractivity contribution in [1.29, 1.82) is 0 Å². The van der Waals surface area contributed by atoms with Crippen molar-refractivity contribution in [2.45, 2.75) is 25.8 Å². The molecule has 0 amide bonds. The van der Waals surface area contributed by atoms with Gasteiger partial charge in [-0.2, -0.15) is 5.10 Å². The molecule has 4 nitrogen and oxygen atoms in total. The largest absolute Gasteiger partial charge is 0.313 e. The molecule has 2 aromatic rings. The molecule has 2 rings (SSSR count). The molecule has 2 aromatic heterocycles. The van der Waals surface area contributed by atoms with Gasteiger partial charge in [-0.05, 0) is 31.2 Å². The van der Waals surface area contributed by atoms with Crippen LogP contribution in [0.1, 0.15) is 29.9 Å². The van der Waals surface area contributed by atoms with Crippen molar-refractivity contribution in [1.82, 2.24) is 20.1 Å². The van der Waals surface area contributed by atoms with E-state index in [1.165, 1.54) is 5.69 Å². The van der Waals surface area contributed by atoms with Gasteiger partial charge in [0.15, 0.2) is 0 Å². The number of halogens is 1. The Morgan fingerprint density at radius 1 is 1.47 bits per heavy atom. The molecule has 0 fully saturated rings. The second-order valence-electron chi connectivity index (χ2n) is 4.55. The standard InChI is InChI=1S/C14H19ClN4/c1-4-10-7-11(19(3)18-10)8-14(16-2)12-5-6-17-9-13(12)15/h5-7,9,14,16H,4,8H2,1-3H3. The predicted molar refractivity (Wildman–Crippen MR) is 77.3 cm³/mol. The first-order valence-electron chi connectivity index (χ1n) is 6.44. The molecule has 2 heterocycles. The van der Waals surface area contributed by atoms with E-state index in [1.54, 1.807) is 12.4 Å². The van der Waals surface area contributed by atoms with E-state index in [0.717, 1.165) is 24.1 Å². The summed E-state index contributed by atoms with van der Waals surface area (Å²) in [6.45, 7) is 2.11. The number of pyridine rings is 1. The predicted octanol–water partition coefficient (Wildman–Crippen LogP) is 2.53. The zero-order chi connectivity index (χ0) is 13.8. The van der Waals surface area contributed by atoms with Crippen LogP contribution in [0, 0.1) is 0 Å². The highest BCUT2D eigenvalue weighted by atomic mass is 35.5. The van der Waals surface area contributed by atoms with Crippen LogP contribution in [0.3, 0.4) is 0 Å². The number of hydrogen-bond donors (Lipinski definition) is 1. The van der Waals surface area contributed by atoms with Gasteiger partial charge < -0.3 is 5.32 Å². The third-order valence-corrected chi connectivity index (χ3v) is 3.65. The number of rotatable bonds is 5. The smallest absolute Gasteiger partial charge is 0.0637 e. The third-order valence-electron chi connectivity index (χ3n) is 3.33. The highest BCUT2D eigenvalue weighted by molar-refractivity contribution is 6.31. The number of likely N-dealkylation sites (N-methyl/N-ethyl adjacent to an activating group) is 1. The van der Waals surface area contributed by atoms with Gasteiger partial charge >= 0.3 is 0 Å². The molecule has 0 aromatic carbocycles. The topological polar surface area (TPSA) is 42.7 Å². The Kier molecular flexibility index (Phi) is 4.56. The van der Waals surface area contributed by atoms with Gasteiger partial charge in [-0.25, -0.2) is 0 Å². The zero-order valence-corrected chi connectivity index (χ0v) is 12.3. The van der Waals surface area contributed by atoms with Crippen LogP contribution in [0.4, 0.5) is 0 Å². The van der Waals surface area contributed by atoms with Crippen molar-refractivity contribution in [3.05, 3.63) is 46.5 Å². The Labute approximate surface area is 118 Å². The lowest BCUT2D eigenvalue weighted by Crippen LogP contribution is -2.20. The van der Waals surface area contributed by atoms with Gasteiger partial charge in [-0.3, -0.25) is 9.67 Å². The number of hydrogen-bond acceptors (Lipinski definition) is 3. The van der Waals surface area contributed by atoms with Crippen LogP contribution in [0.15, 0.2) is 24.5 Å². The fourth-order valence-corrected chi connectivity index (χ4v) is 2.43. The Morgan fingerprint density at radius 3 is 2.84 bits per heavy atom. The Balaban J connectivity index is 2.24. The lowest BCUT2D eigenvalue weighted by molar-refractivity contribution is 0.561. The molecule has 0 saturated heterocycles. The number of aromatic nitrogens is 3. The monoisotopic (exact) mass is 278 g/mol. The van der Waals surface area contributed by atoms with Crippen LogP contribution in [0.25, 0.3) is 0 Å². The van der Waals surface area contributed by atoms with E-state index in [0.29, 0.717) is 5.02 Å². The molecule has 0 saturated carbocycles. The number of nitrogens with one attached hydrogen (secondary N) is 1. The van der Waals surface area contributed by atoms with E-state index in [4.69, 9.17) is 11.6 Å². The quantitative estimate of drug-likeness (QED) is 0.914. The highest BCUT2D eigenvalue weighted by Gasteiger charge is 2.16. The van der Waals surface area contributed by atoms with E-state index in [2.05, 4.69) is 28.4 Å². The van der Waals surface area contributed by atoms with Crippen molar-refractivity contribution in [3.8, 4) is 0 Å². The average molecular weight is 279 g/mol. The molecule has 0 aliphatic heterocycles. The summed E-state index contributed by atoms with van der Waals surface area (Å²) in [7, 11) is 3.92. The van der Waals surface area contributed by atoms with Crippen LogP contribution in [-0.4, -0.2) is 21.8 Å². The molecule has 0 aliphatic carbocycles. The number of nitrogens with zero attached hydrogens (tertiary/aromatic N) is 3. The Hall–Kier alpha value is -1.39. The first-order valence-corrected chi connectivity index (χ1v) is 6.82. The maximum atomic E-state index is 6.21. The minimum absolute atomic E-state index is 0.163. The fourth-order valence-electron chi connectivity index (χ4n) is 2.18. The molecule has 5 heteroatoms. The van der Waals surface area contributed by atoms with Gasteiger partial charge in [0, 0.05) is 37.6 Å². The van der Waals surface area contributed by atoms with Crippen LogP contribution >= 0.6 is 11.6 Å². The summed E-state index contributed by atoms with van der Waals surface area (Å²) in [5, 5.41) is 8.48. The SMILES string of the molecule is CCc1cc(CC(NC)c2ccncc2Cl)n(C)n1. The van der Waals surface area contributed by atoms with Crippen molar-refractivity contribution < 1.29 is 0 Å². The van der Waals surface area contributed by atoms with Gasteiger partial charge in [-0.15, -0.1) is 0 Å². The van der Waals surface area contributed by atoms with Crippen LogP contribution in [0.2, 0.25) is 5.02 Å². The summed E-state index contributed by atoms with van der Waals surface area (Å²) >= 11 is 6.21. The molecule has 0 radical (unpaired) electrons. The Morgan fingerprint density at radius 2 is 2.26 bits per heavy atom. The lowest BCUT2D eigenvalue weighted by Gasteiger charge is -2.17. The molecule has 1 unspecified atom stereocenters. The minimum atomic E-state index is 0.163. The van der Waals surface area contributed by atoms with Crippen molar-refractivity contribution in [2.75, 3.05) is 7.05 Å². The first-order chi connectivity index (χ1) is 9.15. The maximum absolute atomic E-state index is 6.21. The maximum Gasteiger partial charge on any atom is 0.0637 e. The summed E-state index contributed by atoms with van der Waals surface area (Å²) in [6, 6.07) is 4.27. The average Bonchev–Trinajstić information content (AvgIpc) is 2.77. The third kappa shape index (κ3) is 3.14. The van der Waals surface area contributed by atoms with Crippen molar-refractivity contribution in [2.24, 2.45) is 7.05 Å². The van der Waals surface area contributed by atoms with Crippen LogP contribution in [-0.2, 0) is 19.9 Å². The summed E-state index contributed by atoms with van der Waals surface area (Å²) in [5.74, 6) is 0. The van der Waals surface area contributed by atoms with Gasteiger partial charge in [0.25, 0.3) is 0 Å². The van der Waals surface area contributed by atoms with E-state index in [1.807, 2.05) is 24.8 Å². The molecular weight excluding hydrogens is 260 g/mol. The molecule has 0 bridgehead atoms. The van der Waals surface area contributed by atoms with E-state index in [-0.39, 0.29) is 6.04 Å². The number of aryl methyl sites for hydroxylation is 2. The molecular formula is C14H19ClN4. The second-order valence-corrected chi connectivity index (χ2v) is 4.95. The summed E-state index contributed by atoms with van der Waals surface area (Å²) in [4.78, 5) is 4.03. The van der Waals surface area contributed by atoms with Crippen LogP contribution in [0.5, 0.6) is 0 Å². The summed E-state index contributed by atoms with van der Waals surface area (Å²) in [6.07, 6.45) is 5.26. The fraction of sp³-hybridized carbons (Fsp3) is 0.429. The lowest BCUT2D eigenvalue weighted by atomic mass is 10.0. The van der Waals surface area contributed by atoms with Gasteiger partial charge in [0.05, 0.1) is 10.7 Å². The molecule has 0 aliphatic rings. The second kappa shape index (κ2) is 6.17. The molecule has 1 N–H and O–H groups in total. The van der Waals surface area contributed by atoms with Crippen LogP contribution < -0.4 is 5.32 Å². The molecule has 1 atom stereocenters. The normalized spacial score (nSPS) is 12.6. The molecule has 102 valence electrons. The summed E-state index contributed by atoms with van der Waals surface area (Å²) in [5.41, 5.74) is 3.38. The van der Waals surface area contributed by atoms with E-state index >= 15 is 0 Å². The van der Waals surface area contributed by atoms with E-state index < -0.39 is 0 Å². The first kappa shape index (κ1) is 14.0. The Bertz CT molecular complexity index is 550. The molecule has 19 heavy (non-hydrogen) atoms. The van der Waals surface area contributed by atoms with Crippen molar-refractivity contribution in [3.63, 3.8) is 0 Å². The van der Waals surface area contributed by atoms with Gasteiger partial charge in [0.1, 0.15) is 0 Å². The zero-order valence-electron chi connectivity index (χ0n) is 11.5.